The van der Waals surface area contributed by atoms with Crippen LogP contribution in [0.15, 0.2) is 0 Å². The summed E-state index contributed by atoms with van der Waals surface area (Å²) in [5, 5.41) is 9.46. The Hall–Kier alpha value is -0.0800. The van der Waals surface area contributed by atoms with Crippen LogP contribution in [0.25, 0.3) is 0 Å². The maximum atomic E-state index is 9.46. The third-order valence-corrected chi connectivity index (χ3v) is 3.23. The lowest BCUT2D eigenvalue weighted by atomic mass is 9.74. The van der Waals surface area contributed by atoms with Crippen LogP contribution in [0.5, 0.6) is 0 Å². The molecule has 2 heteroatoms. The van der Waals surface area contributed by atoms with Crippen LogP contribution in [0.1, 0.15) is 53.4 Å². The molecular weight excluding hydrogens is 162 g/mol. The van der Waals surface area contributed by atoms with Crippen LogP contribution >= 0.6 is 0 Å². The highest BCUT2D eigenvalue weighted by Crippen LogP contribution is 2.32. The van der Waals surface area contributed by atoms with Crippen molar-refractivity contribution in [2.45, 2.75) is 65.5 Å². The van der Waals surface area contributed by atoms with Crippen molar-refractivity contribution in [3.63, 3.8) is 0 Å². The van der Waals surface area contributed by atoms with Crippen LogP contribution in [-0.4, -0.2) is 17.3 Å². The molecule has 0 aliphatic heterocycles. The van der Waals surface area contributed by atoms with Gasteiger partial charge in [-0.1, -0.05) is 33.6 Å². The first-order chi connectivity index (χ1) is 5.98. The molecule has 0 saturated heterocycles. The first-order valence-corrected chi connectivity index (χ1v) is 5.41. The Morgan fingerprint density at radius 1 is 1.38 bits per heavy atom. The molecule has 0 bridgehead atoms. The van der Waals surface area contributed by atoms with Gasteiger partial charge in [-0.25, -0.2) is 0 Å². The normalized spacial score (nSPS) is 20.8. The Morgan fingerprint density at radius 3 is 2.23 bits per heavy atom. The predicted octanol–water partition coefficient (Wildman–Crippen LogP) is 2.30. The molecule has 2 nitrogen and oxygen atoms in total. The first-order valence-electron chi connectivity index (χ1n) is 5.41. The van der Waals surface area contributed by atoms with Crippen LogP contribution < -0.4 is 5.73 Å². The largest absolute Gasteiger partial charge is 0.392 e. The van der Waals surface area contributed by atoms with Crippen molar-refractivity contribution in [1.82, 2.24) is 0 Å². The fourth-order valence-electron chi connectivity index (χ4n) is 1.74. The molecular formula is C11H25NO. The van der Waals surface area contributed by atoms with Gasteiger partial charge in [-0.15, -0.1) is 0 Å². The Labute approximate surface area is 82.5 Å². The highest BCUT2D eigenvalue weighted by Gasteiger charge is 2.31. The molecule has 0 saturated carbocycles. The molecule has 0 spiro atoms. The van der Waals surface area contributed by atoms with Gasteiger partial charge in [0.1, 0.15) is 0 Å². The van der Waals surface area contributed by atoms with Crippen molar-refractivity contribution in [1.29, 1.82) is 0 Å². The topological polar surface area (TPSA) is 46.2 Å². The van der Waals surface area contributed by atoms with Gasteiger partial charge in [-0.2, -0.15) is 0 Å². The first kappa shape index (κ1) is 12.9. The van der Waals surface area contributed by atoms with E-state index in [9.17, 15) is 5.11 Å². The second-order valence-corrected chi connectivity index (χ2v) is 4.38. The third kappa shape index (κ3) is 3.65. The van der Waals surface area contributed by atoms with E-state index < -0.39 is 6.10 Å². The van der Waals surface area contributed by atoms with Crippen molar-refractivity contribution in [3.05, 3.63) is 0 Å². The Morgan fingerprint density at radius 2 is 1.92 bits per heavy atom. The van der Waals surface area contributed by atoms with Crippen LogP contribution in [0.3, 0.4) is 0 Å². The number of hydrogen-bond donors (Lipinski definition) is 2. The van der Waals surface area contributed by atoms with E-state index in [0.717, 1.165) is 12.8 Å². The van der Waals surface area contributed by atoms with Crippen molar-refractivity contribution in [2.75, 3.05) is 0 Å². The number of nitrogens with two attached hydrogens (primary N) is 1. The van der Waals surface area contributed by atoms with Gasteiger partial charge in [0.15, 0.2) is 0 Å². The highest BCUT2D eigenvalue weighted by atomic mass is 16.3. The molecule has 3 N–H and O–H groups in total. The fourth-order valence-corrected chi connectivity index (χ4v) is 1.74. The van der Waals surface area contributed by atoms with E-state index in [1.54, 1.807) is 6.92 Å². The standard InChI is InChI=1S/C11H25NO/c1-5-7-8-11(4,6-2)10(12)9(3)13/h9-10,13H,5-8,12H2,1-4H3/t9?,10-,11?/m1/s1. The van der Waals surface area contributed by atoms with Crippen molar-refractivity contribution in [2.24, 2.45) is 11.1 Å². The molecule has 0 aromatic carbocycles. The summed E-state index contributed by atoms with van der Waals surface area (Å²) < 4.78 is 0. The molecule has 0 aromatic heterocycles. The third-order valence-electron chi connectivity index (χ3n) is 3.23. The summed E-state index contributed by atoms with van der Waals surface area (Å²) in [6.45, 7) is 8.30. The predicted molar refractivity (Wildman–Crippen MR) is 57.6 cm³/mol. The van der Waals surface area contributed by atoms with E-state index in [1.807, 2.05) is 0 Å². The van der Waals surface area contributed by atoms with Crippen LogP contribution in [0.4, 0.5) is 0 Å². The molecule has 13 heavy (non-hydrogen) atoms. The lowest BCUT2D eigenvalue weighted by molar-refractivity contribution is 0.0790. The molecule has 0 rings (SSSR count). The molecule has 2 unspecified atom stereocenters. The molecule has 80 valence electrons. The van der Waals surface area contributed by atoms with E-state index in [-0.39, 0.29) is 11.5 Å². The zero-order valence-electron chi connectivity index (χ0n) is 9.51. The van der Waals surface area contributed by atoms with E-state index in [0.29, 0.717) is 0 Å². The molecule has 0 aromatic rings. The smallest absolute Gasteiger partial charge is 0.0668 e. The summed E-state index contributed by atoms with van der Waals surface area (Å²) in [6.07, 6.45) is 4.15. The molecule has 0 aliphatic rings. The van der Waals surface area contributed by atoms with Crippen molar-refractivity contribution < 1.29 is 5.11 Å². The minimum Gasteiger partial charge on any atom is -0.392 e. The minimum absolute atomic E-state index is 0.0935. The SMILES string of the molecule is CCCCC(C)(CC)[C@H](N)C(C)O. The second kappa shape index (κ2) is 5.61. The highest BCUT2D eigenvalue weighted by molar-refractivity contribution is 4.87. The van der Waals surface area contributed by atoms with E-state index in [1.165, 1.54) is 12.8 Å². The average molecular weight is 187 g/mol. The van der Waals surface area contributed by atoms with Crippen LogP contribution in [0, 0.1) is 5.41 Å². The number of aliphatic hydroxyl groups excluding tert-OH is 1. The Bertz CT molecular complexity index is 136. The number of unbranched alkanes of at least 4 members (excludes halogenated alkanes) is 1. The van der Waals surface area contributed by atoms with Gasteiger partial charge in [-0.05, 0) is 25.2 Å². The summed E-state index contributed by atoms with van der Waals surface area (Å²) in [6, 6.07) is -0.0935. The second-order valence-electron chi connectivity index (χ2n) is 4.38. The lowest BCUT2D eigenvalue weighted by Gasteiger charge is -2.36. The van der Waals surface area contributed by atoms with Gasteiger partial charge in [0.25, 0.3) is 0 Å². The molecule has 0 fully saturated rings. The molecule has 0 aliphatic carbocycles. The fraction of sp³-hybridized carbons (Fsp3) is 1.00. The summed E-state index contributed by atoms with van der Waals surface area (Å²) in [5.74, 6) is 0. The molecule has 0 heterocycles. The van der Waals surface area contributed by atoms with Gasteiger partial charge in [0.05, 0.1) is 6.10 Å². The Kier molecular flexibility index (Phi) is 5.57. The number of aliphatic hydroxyl groups is 1. The summed E-state index contributed by atoms with van der Waals surface area (Å²) in [4.78, 5) is 0. The molecule has 3 atom stereocenters. The van der Waals surface area contributed by atoms with Gasteiger partial charge >= 0.3 is 0 Å². The summed E-state index contributed by atoms with van der Waals surface area (Å²) in [7, 11) is 0. The molecule has 0 radical (unpaired) electrons. The minimum atomic E-state index is -0.401. The van der Waals surface area contributed by atoms with Crippen LogP contribution in [0.2, 0.25) is 0 Å². The van der Waals surface area contributed by atoms with Crippen molar-refractivity contribution >= 4 is 0 Å². The van der Waals surface area contributed by atoms with Gasteiger partial charge in [0, 0.05) is 6.04 Å². The average Bonchev–Trinajstić information content (AvgIpc) is 2.12. The lowest BCUT2D eigenvalue weighted by Crippen LogP contribution is -2.46. The maximum absolute atomic E-state index is 9.46. The van der Waals surface area contributed by atoms with Gasteiger partial charge in [-0.3, -0.25) is 0 Å². The van der Waals surface area contributed by atoms with Crippen LogP contribution in [-0.2, 0) is 0 Å². The maximum Gasteiger partial charge on any atom is 0.0668 e. The van der Waals surface area contributed by atoms with Gasteiger partial charge in [0.2, 0.25) is 0 Å². The quantitative estimate of drug-likeness (QED) is 0.670. The van der Waals surface area contributed by atoms with E-state index in [2.05, 4.69) is 20.8 Å². The van der Waals surface area contributed by atoms with Crippen molar-refractivity contribution in [3.8, 4) is 0 Å². The van der Waals surface area contributed by atoms with Gasteiger partial charge < -0.3 is 10.8 Å². The monoisotopic (exact) mass is 187 g/mol. The summed E-state index contributed by atoms with van der Waals surface area (Å²) in [5.41, 5.74) is 6.10. The zero-order valence-corrected chi connectivity index (χ0v) is 9.51. The van der Waals surface area contributed by atoms with E-state index in [4.69, 9.17) is 5.73 Å². The number of rotatable bonds is 6. The molecule has 0 amide bonds. The van der Waals surface area contributed by atoms with E-state index >= 15 is 0 Å². The Balaban J connectivity index is 4.24. The zero-order chi connectivity index (χ0) is 10.5. The number of hydrogen-bond acceptors (Lipinski definition) is 2. The summed E-state index contributed by atoms with van der Waals surface area (Å²) >= 11 is 0.